The minimum Gasteiger partial charge on any atom is -0.465 e. The van der Waals surface area contributed by atoms with Crippen LogP contribution in [0.1, 0.15) is 38.1 Å². The molecule has 1 aromatic carbocycles. The summed E-state index contributed by atoms with van der Waals surface area (Å²) in [6.45, 7) is 3.36. The van der Waals surface area contributed by atoms with Gasteiger partial charge in [-0.15, -0.1) is 11.3 Å². The Labute approximate surface area is 198 Å². The van der Waals surface area contributed by atoms with Crippen LogP contribution in [-0.2, 0) is 20.7 Å². The van der Waals surface area contributed by atoms with Gasteiger partial charge in [0.05, 0.1) is 25.7 Å². The van der Waals surface area contributed by atoms with Crippen LogP contribution in [0.25, 0.3) is 0 Å². The van der Waals surface area contributed by atoms with Crippen LogP contribution in [-0.4, -0.2) is 41.5 Å². The van der Waals surface area contributed by atoms with Gasteiger partial charge in [0.2, 0.25) is 9.70 Å². The number of carbonyl (C=O) groups excluding carboxylic acids is 3. The predicted molar refractivity (Wildman–Crippen MR) is 122 cm³/mol. The Kier molecular flexibility index (Phi) is 9.00. The molecule has 1 unspecified atom stereocenters. The van der Waals surface area contributed by atoms with Gasteiger partial charge in [-0.1, -0.05) is 65.1 Å². The number of methoxy groups -OCH3 is 1. The molecule has 2 rings (SSSR count). The molecule has 0 aliphatic rings. The normalized spacial score (nSPS) is 12.1. The van der Waals surface area contributed by atoms with Crippen molar-refractivity contribution in [2.24, 2.45) is 0 Å². The Balaban J connectivity index is 2.34. The molecule has 0 bridgehead atoms. The Bertz CT molecular complexity index is 944. The Hall–Kier alpha value is -2.00. The number of amides is 1. The van der Waals surface area contributed by atoms with Crippen LogP contribution in [0, 0.1) is 6.92 Å². The van der Waals surface area contributed by atoms with Crippen molar-refractivity contribution >= 4 is 69.0 Å². The minimum absolute atomic E-state index is 0.0569. The van der Waals surface area contributed by atoms with E-state index in [1.54, 1.807) is 26.0 Å². The number of rotatable bonds is 8. The Morgan fingerprint density at radius 1 is 1.13 bits per heavy atom. The molecule has 1 aromatic heterocycles. The van der Waals surface area contributed by atoms with Gasteiger partial charge < -0.3 is 20.1 Å². The van der Waals surface area contributed by atoms with Gasteiger partial charge in [0, 0.05) is 0 Å². The highest BCUT2D eigenvalue weighted by Gasteiger charge is 2.36. The van der Waals surface area contributed by atoms with Gasteiger partial charge in [-0.3, -0.25) is 4.79 Å². The molecule has 0 saturated heterocycles. The predicted octanol–water partition coefficient (Wildman–Crippen LogP) is 4.49. The van der Waals surface area contributed by atoms with Gasteiger partial charge in [0.1, 0.15) is 16.0 Å². The Morgan fingerprint density at radius 2 is 1.77 bits per heavy atom. The number of nitrogens with one attached hydrogen (secondary N) is 2. The van der Waals surface area contributed by atoms with Crippen LogP contribution in [0.3, 0.4) is 0 Å². The highest BCUT2D eigenvalue weighted by molar-refractivity contribution is 7.18. The summed E-state index contributed by atoms with van der Waals surface area (Å²) in [6.07, 6.45) is -1.15. The number of esters is 2. The fourth-order valence-corrected chi connectivity index (χ4v) is 4.14. The number of thiophene rings is 1. The molecular formula is C20H21Cl3N2O5S. The van der Waals surface area contributed by atoms with Crippen molar-refractivity contribution in [3.8, 4) is 0 Å². The lowest BCUT2D eigenvalue weighted by Crippen LogP contribution is -2.49. The molecule has 0 spiro atoms. The molecular weight excluding hydrogens is 487 g/mol. The second-order valence-electron chi connectivity index (χ2n) is 6.32. The van der Waals surface area contributed by atoms with E-state index in [2.05, 4.69) is 10.6 Å². The van der Waals surface area contributed by atoms with E-state index in [-0.39, 0.29) is 28.5 Å². The second-order valence-corrected chi connectivity index (χ2v) is 9.71. The first-order chi connectivity index (χ1) is 14.6. The summed E-state index contributed by atoms with van der Waals surface area (Å²) in [4.78, 5) is 37.3. The number of anilines is 1. The smallest absolute Gasteiger partial charge is 0.348 e. The molecule has 1 atom stereocenters. The molecule has 2 aromatic rings. The fourth-order valence-electron chi connectivity index (χ4n) is 2.68. The maximum Gasteiger partial charge on any atom is 0.348 e. The molecule has 0 aliphatic heterocycles. The van der Waals surface area contributed by atoms with Crippen molar-refractivity contribution in [1.82, 2.24) is 5.32 Å². The summed E-state index contributed by atoms with van der Waals surface area (Å²) in [5.41, 5.74) is 1.23. The first-order valence-corrected chi connectivity index (χ1v) is 11.1. The van der Waals surface area contributed by atoms with Crippen LogP contribution < -0.4 is 10.6 Å². The highest BCUT2D eigenvalue weighted by atomic mass is 35.6. The number of hydrogen-bond acceptors (Lipinski definition) is 7. The van der Waals surface area contributed by atoms with Gasteiger partial charge in [0.15, 0.2) is 0 Å². The zero-order valence-corrected chi connectivity index (χ0v) is 20.0. The lowest BCUT2D eigenvalue weighted by Gasteiger charge is -2.27. The topological polar surface area (TPSA) is 93.7 Å². The van der Waals surface area contributed by atoms with Gasteiger partial charge in [-0.2, -0.15) is 0 Å². The third kappa shape index (κ3) is 6.74. The monoisotopic (exact) mass is 506 g/mol. The average Bonchev–Trinajstić information content (AvgIpc) is 3.03. The zero-order valence-electron chi connectivity index (χ0n) is 17.0. The summed E-state index contributed by atoms with van der Waals surface area (Å²) in [6, 6.07) is 9.04. The van der Waals surface area contributed by atoms with Crippen LogP contribution >= 0.6 is 46.1 Å². The SMILES string of the molecule is CCOC(=O)c1c(NC(NC(=O)Cc2ccccc2)C(Cl)(Cl)Cl)sc(C(=O)OC)c1C. The van der Waals surface area contributed by atoms with Crippen molar-refractivity contribution < 1.29 is 23.9 Å². The lowest BCUT2D eigenvalue weighted by atomic mass is 10.1. The molecule has 0 radical (unpaired) electrons. The average molecular weight is 508 g/mol. The van der Waals surface area contributed by atoms with E-state index in [4.69, 9.17) is 44.3 Å². The van der Waals surface area contributed by atoms with E-state index >= 15 is 0 Å². The molecule has 0 aliphatic carbocycles. The molecule has 0 saturated carbocycles. The van der Waals surface area contributed by atoms with E-state index in [0.29, 0.717) is 5.56 Å². The summed E-state index contributed by atoms with van der Waals surface area (Å²) >= 11 is 19.2. The maximum absolute atomic E-state index is 12.5. The number of halogens is 3. The van der Waals surface area contributed by atoms with Crippen LogP contribution in [0.4, 0.5) is 5.00 Å². The van der Waals surface area contributed by atoms with Crippen molar-refractivity contribution in [3.05, 3.63) is 51.9 Å². The zero-order chi connectivity index (χ0) is 23.2. The van der Waals surface area contributed by atoms with Gasteiger partial charge in [-0.25, -0.2) is 9.59 Å². The third-order valence-corrected chi connectivity index (χ3v) is 5.97. The first kappa shape index (κ1) is 25.3. The summed E-state index contributed by atoms with van der Waals surface area (Å²) in [7, 11) is 1.23. The van der Waals surface area contributed by atoms with Crippen molar-refractivity contribution in [3.63, 3.8) is 0 Å². The highest BCUT2D eigenvalue weighted by Crippen LogP contribution is 2.38. The molecule has 2 N–H and O–H groups in total. The minimum atomic E-state index is -1.97. The largest absolute Gasteiger partial charge is 0.465 e. The molecule has 1 heterocycles. The quantitative estimate of drug-likeness (QED) is 0.311. The molecule has 11 heteroatoms. The van der Waals surface area contributed by atoms with E-state index in [0.717, 1.165) is 16.9 Å². The van der Waals surface area contributed by atoms with E-state index < -0.39 is 27.8 Å². The summed E-state index contributed by atoms with van der Waals surface area (Å²) < 4.78 is 7.89. The fraction of sp³-hybridized carbons (Fsp3) is 0.350. The van der Waals surface area contributed by atoms with Crippen LogP contribution in [0.5, 0.6) is 0 Å². The van der Waals surface area contributed by atoms with E-state index in [1.165, 1.54) is 7.11 Å². The van der Waals surface area contributed by atoms with E-state index in [9.17, 15) is 14.4 Å². The first-order valence-electron chi connectivity index (χ1n) is 9.13. The molecule has 0 fully saturated rings. The Morgan fingerprint density at radius 3 is 2.32 bits per heavy atom. The molecule has 168 valence electrons. The van der Waals surface area contributed by atoms with Crippen LogP contribution in [0.15, 0.2) is 30.3 Å². The second kappa shape index (κ2) is 11.0. The number of carbonyl (C=O) groups is 3. The van der Waals surface area contributed by atoms with Crippen LogP contribution in [0.2, 0.25) is 0 Å². The van der Waals surface area contributed by atoms with E-state index in [1.807, 2.05) is 18.2 Å². The number of alkyl halides is 3. The van der Waals surface area contributed by atoms with Gasteiger partial charge >= 0.3 is 11.9 Å². The third-order valence-electron chi connectivity index (χ3n) is 4.11. The van der Waals surface area contributed by atoms with Gasteiger partial charge in [0.25, 0.3) is 0 Å². The molecule has 1 amide bonds. The number of benzene rings is 1. The maximum atomic E-state index is 12.5. The summed E-state index contributed by atoms with van der Waals surface area (Å²) in [5, 5.41) is 5.68. The van der Waals surface area contributed by atoms with Crippen molar-refractivity contribution in [1.29, 1.82) is 0 Å². The number of ether oxygens (including phenoxy) is 2. The van der Waals surface area contributed by atoms with Gasteiger partial charge in [-0.05, 0) is 25.0 Å². The van der Waals surface area contributed by atoms with Crippen molar-refractivity contribution in [2.45, 2.75) is 30.2 Å². The van der Waals surface area contributed by atoms with Crippen molar-refractivity contribution in [2.75, 3.05) is 19.0 Å². The molecule has 31 heavy (non-hydrogen) atoms. The number of hydrogen-bond donors (Lipinski definition) is 2. The standard InChI is InChI=1S/C20H21Cl3N2O5S/c1-4-30-17(27)14-11(2)15(18(28)29-3)31-16(14)25-19(20(21,22)23)24-13(26)10-12-8-6-5-7-9-12/h5-9,19,25H,4,10H2,1-3H3,(H,24,26). The lowest BCUT2D eigenvalue weighted by molar-refractivity contribution is -0.120. The summed E-state index contributed by atoms with van der Waals surface area (Å²) in [5.74, 6) is -1.69. The molecule has 7 nitrogen and oxygen atoms in total.